The molecule has 1 unspecified atom stereocenters. The van der Waals surface area contributed by atoms with Gasteiger partial charge in [-0.2, -0.15) is 5.21 Å². The predicted octanol–water partition coefficient (Wildman–Crippen LogP) is -0.711. The van der Waals surface area contributed by atoms with Gasteiger partial charge in [-0.3, -0.25) is 0 Å². The summed E-state index contributed by atoms with van der Waals surface area (Å²) in [7, 11) is 0. The van der Waals surface area contributed by atoms with Gasteiger partial charge in [-0.25, -0.2) is 0 Å². The van der Waals surface area contributed by atoms with Gasteiger partial charge in [0.2, 0.25) is 0 Å². The third kappa shape index (κ3) is 1.63. The molecule has 0 radical (unpaired) electrons. The van der Waals surface area contributed by atoms with E-state index in [-0.39, 0.29) is 0 Å². The van der Waals surface area contributed by atoms with Gasteiger partial charge in [-0.1, -0.05) is 11.3 Å². The van der Waals surface area contributed by atoms with E-state index < -0.39 is 6.10 Å². The first-order valence-electron chi connectivity index (χ1n) is 2.86. The minimum Gasteiger partial charge on any atom is -0.389 e. The first-order valence-corrected chi connectivity index (χ1v) is 2.86. The SMILES string of the molecule is C=CC(O)Cc1nn[nH]n1. The van der Waals surface area contributed by atoms with E-state index in [9.17, 15) is 0 Å². The second kappa shape index (κ2) is 3.07. The lowest BCUT2D eigenvalue weighted by Crippen LogP contribution is -2.07. The quantitative estimate of drug-likeness (QED) is 0.544. The number of tetrazole rings is 1. The molecular weight excluding hydrogens is 132 g/mol. The molecule has 0 aromatic carbocycles. The molecule has 5 nitrogen and oxygen atoms in total. The molecule has 5 heteroatoms. The summed E-state index contributed by atoms with van der Waals surface area (Å²) in [6.07, 6.45) is 1.20. The van der Waals surface area contributed by atoms with E-state index in [0.717, 1.165) is 0 Å². The highest BCUT2D eigenvalue weighted by Gasteiger charge is 2.03. The third-order valence-electron chi connectivity index (χ3n) is 1.05. The average Bonchev–Trinajstić information content (AvgIpc) is 2.40. The zero-order chi connectivity index (χ0) is 7.40. The Labute approximate surface area is 57.8 Å². The van der Waals surface area contributed by atoms with Crippen LogP contribution in [0.2, 0.25) is 0 Å². The summed E-state index contributed by atoms with van der Waals surface area (Å²) in [5, 5.41) is 21.9. The van der Waals surface area contributed by atoms with E-state index in [1.807, 2.05) is 0 Å². The van der Waals surface area contributed by atoms with Gasteiger partial charge in [-0.15, -0.1) is 16.8 Å². The van der Waals surface area contributed by atoms with Crippen molar-refractivity contribution in [2.75, 3.05) is 0 Å². The number of aliphatic hydroxyl groups is 1. The second-order valence-electron chi connectivity index (χ2n) is 1.84. The minimum absolute atomic E-state index is 0.361. The highest BCUT2D eigenvalue weighted by Crippen LogP contribution is 1.92. The van der Waals surface area contributed by atoms with E-state index in [4.69, 9.17) is 5.11 Å². The number of aliphatic hydroxyl groups excluding tert-OH is 1. The Morgan fingerprint density at radius 1 is 1.80 bits per heavy atom. The van der Waals surface area contributed by atoms with Gasteiger partial charge in [0, 0.05) is 6.42 Å². The zero-order valence-corrected chi connectivity index (χ0v) is 5.36. The van der Waals surface area contributed by atoms with Crippen molar-refractivity contribution in [3.63, 3.8) is 0 Å². The summed E-state index contributed by atoms with van der Waals surface area (Å²) in [5.74, 6) is 0.493. The van der Waals surface area contributed by atoms with Crippen LogP contribution < -0.4 is 0 Å². The van der Waals surface area contributed by atoms with Crippen LogP contribution in [0.15, 0.2) is 12.7 Å². The molecule has 0 amide bonds. The molecule has 0 fully saturated rings. The maximum atomic E-state index is 8.99. The number of aromatic amines is 1. The summed E-state index contributed by atoms with van der Waals surface area (Å²) >= 11 is 0. The fourth-order valence-electron chi connectivity index (χ4n) is 0.539. The van der Waals surface area contributed by atoms with Gasteiger partial charge in [0.25, 0.3) is 0 Å². The summed E-state index contributed by atoms with van der Waals surface area (Å²) < 4.78 is 0. The Kier molecular flexibility index (Phi) is 2.11. The average molecular weight is 140 g/mol. The molecule has 2 N–H and O–H groups in total. The number of rotatable bonds is 3. The van der Waals surface area contributed by atoms with Crippen LogP contribution in [0, 0.1) is 0 Å². The summed E-state index contributed by atoms with van der Waals surface area (Å²) in [6.45, 7) is 3.40. The number of hydrogen-bond acceptors (Lipinski definition) is 4. The molecule has 0 spiro atoms. The van der Waals surface area contributed by atoms with Gasteiger partial charge < -0.3 is 5.11 Å². The molecule has 0 aliphatic heterocycles. The van der Waals surface area contributed by atoms with Gasteiger partial charge in [0.15, 0.2) is 5.82 Å². The lowest BCUT2D eigenvalue weighted by atomic mass is 10.2. The van der Waals surface area contributed by atoms with E-state index in [1.165, 1.54) is 6.08 Å². The Morgan fingerprint density at radius 2 is 2.60 bits per heavy atom. The topological polar surface area (TPSA) is 74.7 Å². The van der Waals surface area contributed by atoms with Crippen LogP contribution in [0.1, 0.15) is 5.82 Å². The smallest absolute Gasteiger partial charge is 0.177 e. The number of nitrogens with one attached hydrogen (secondary N) is 1. The van der Waals surface area contributed by atoms with Gasteiger partial charge >= 0.3 is 0 Å². The normalized spacial score (nSPS) is 12.9. The largest absolute Gasteiger partial charge is 0.389 e. The van der Waals surface area contributed by atoms with E-state index >= 15 is 0 Å². The third-order valence-corrected chi connectivity index (χ3v) is 1.05. The highest BCUT2D eigenvalue weighted by atomic mass is 16.3. The number of hydrogen-bond donors (Lipinski definition) is 2. The molecule has 1 aromatic rings. The number of aromatic nitrogens is 4. The van der Waals surface area contributed by atoms with Crippen LogP contribution in [-0.2, 0) is 6.42 Å². The van der Waals surface area contributed by atoms with Crippen LogP contribution in [0.5, 0.6) is 0 Å². The van der Waals surface area contributed by atoms with Crippen LogP contribution in [0.4, 0.5) is 0 Å². The van der Waals surface area contributed by atoms with Gasteiger partial charge in [0.1, 0.15) is 0 Å². The lowest BCUT2D eigenvalue weighted by Gasteiger charge is -1.97. The minimum atomic E-state index is -0.586. The first-order chi connectivity index (χ1) is 4.83. The molecule has 0 saturated carbocycles. The number of H-pyrrole nitrogens is 1. The molecule has 1 heterocycles. The molecular formula is C5H8N4O. The Balaban J connectivity index is 2.47. The Hall–Kier alpha value is -1.23. The van der Waals surface area contributed by atoms with Crippen LogP contribution in [-0.4, -0.2) is 31.8 Å². The fraction of sp³-hybridized carbons (Fsp3) is 0.400. The van der Waals surface area contributed by atoms with Crippen molar-refractivity contribution in [1.29, 1.82) is 0 Å². The van der Waals surface area contributed by atoms with E-state index in [0.29, 0.717) is 12.2 Å². The first kappa shape index (κ1) is 6.88. The Morgan fingerprint density at radius 3 is 3.10 bits per heavy atom. The van der Waals surface area contributed by atoms with Crippen molar-refractivity contribution in [2.45, 2.75) is 12.5 Å². The molecule has 0 aliphatic rings. The van der Waals surface area contributed by atoms with Gasteiger partial charge in [-0.05, 0) is 0 Å². The standard InChI is InChI=1S/C5H8N4O/c1-2-4(10)3-5-6-8-9-7-5/h2,4,10H,1,3H2,(H,6,7,8,9). The summed E-state index contributed by atoms with van der Waals surface area (Å²) in [4.78, 5) is 0. The van der Waals surface area contributed by atoms with E-state index in [2.05, 4.69) is 27.2 Å². The molecule has 1 aromatic heterocycles. The lowest BCUT2D eigenvalue weighted by molar-refractivity contribution is 0.221. The van der Waals surface area contributed by atoms with E-state index in [1.54, 1.807) is 0 Å². The van der Waals surface area contributed by atoms with Crippen molar-refractivity contribution >= 4 is 0 Å². The zero-order valence-electron chi connectivity index (χ0n) is 5.36. The van der Waals surface area contributed by atoms with Crippen LogP contribution >= 0.6 is 0 Å². The summed E-state index contributed by atoms with van der Waals surface area (Å²) in [5.41, 5.74) is 0. The summed E-state index contributed by atoms with van der Waals surface area (Å²) in [6, 6.07) is 0. The molecule has 0 bridgehead atoms. The molecule has 10 heavy (non-hydrogen) atoms. The molecule has 1 rings (SSSR count). The van der Waals surface area contributed by atoms with Crippen molar-refractivity contribution in [3.05, 3.63) is 18.5 Å². The van der Waals surface area contributed by atoms with Crippen LogP contribution in [0.25, 0.3) is 0 Å². The predicted molar refractivity (Wildman–Crippen MR) is 34.1 cm³/mol. The van der Waals surface area contributed by atoms with Crippen molar-refractivity contribution in [1.82, 2.24) is 20.6 Å². The van der Waals surface area contributed by atoms with Crippen molar-refractivity contribution in [2.24, 2.45) is 0 Å². The Bertz CT molecular complexity index is 195. The molecule has 0 saturated heterocycles. The van der Waals surface area contributed by atoms with Crippen LogP contribution in [0.3, 0.4) is 0 Å². The van der Waals surface area contributed by atoms with Gasteiger partial charge in [0.05, 0.1) is 6.10 Å². The molecule has 0 aliphatic carbocycles. The molecule has 1 atom stereocenters. The second-order valence-corrected chi connectivity index (χ2v) is 1.84. The monoisotopic (exact) mass is 140 g/mol. The molecule has 54 valence electrons. The maximum Gasteiger partial charge on any atom is 0.177 e. The maximum absolute atomic E-state index is 8.99. The number of nitrogens with zero attached hydrogens (tertiary/aromatic N) is 3. The van der Waals surface area contributed by atoms with Crippen molar-refractivity contribution < 1.29 is 5.11 Å². The highest BCUT2D eigenvalue weighted by molar-refractivity contribution is 4.88. The fourth-order valence-corrected chi connectivity index (χ4v) is 0.539. The van der Waals surface area contributed by atoms with Crippen molar-refractivity contribution in [3.8, 4) is 0 Å².